The van der Waals surface area contributed by atoms with Gasteiger partial charge in [0.15, 0.2) is 5.12 Å². The van der Waals surface area contributed by atoms with Crippen molar-refractivity contribution in [2.24, 2.45) is 7.05 Å². The summed E-state index contributed by atoms with van der Waals surface area (Å²) in [5.74, 6) is 0.542. The Kier molecular flexibility index (Phi) is 5.38. The van der Waals surface area contributed by atoms with Gasteiger partial charge in [-0.15, -0.1) is 0 Å². The Labute approximate surface area is 149 Å². The molecule has 132 valence electrons. The zero-order valence-electron chi connectivity index (χ0n) is 15.9. The molecule has 0 saturated carbocycles. The van der Waals surface area contributed by atoms with Gasteiger partial charge in [-0.3, -0.25) is 9.48 Å². The minimum Gasteiger partial charge on any atom is -0.400 e. The first-order chi connectivity index (χ1) is 10.9. The SMILES string of the molecule is CC(=O)SCC(=Cc1c(C)nn(C)c1C)B1OC(C)(C)C(C)(C)O1. The fraction of sp³-hybridized carbons (Fsp3) is 0.647. The van der Waals surface area contributed by atoms with Crippen molar-refractivity contribution in [3.8, 4) is 0 Å². The van der Waals surface area contributed by atoms with Crippen LogP contribution in [0.4, 0.5) is 0 Å². The van der Waals surface area contributed by atoms with E-state index >= 15 is 0 Å². The zero-order chi connectivity index (χ0) is 18.3. The van der Waals surface area contributed by atoms with Gasteiger partial charge in [-0.25, -0.2) is 0 Å². The van der Waals surface area contributed by atoms with E-state index in [0.29, 0.717) is 5.75 Å². The second-order valence-electron chi connectivity index (χ2n) is 7.30. The summed E-state index contributed by atoms with van der Waals surface area (Å²) >= 11 is 1.27. The van der Waals surface area contributed by atoms with Crippen LogP contribution in [0.3, 0.4) is 0 Å². The Bertz CT molecular complexity index is 664. The Hall–Kier alpha value is -1.05. The lowest BCUT2D eigenvalue weighted by Crippen LogP contribution is -2.41. The zero-order valence-corrected chi connectivity index (χ0v) is 16.7. The van der Waals surface area contributed by atoms with Crippen molar-refractivity contribution in [2.75, 3.05) is 5.75 Å². The van der Waals surface area contributed by atoms with Crippen molar-refractivity contribution in [3.63, 3.8) is 0 Å². The Morgan fingerprint density at radius 1 is 1.25 bits per heavy atom. The number of aryl methyl sites for hydroxylation is 2. The van der Waals surface area contributed by atoms with E-state index in [1.165, 1.54) is 11.8 Å². The molecule has 2 heterocycles. The van der Waals surface area contributed by atoms with Crippen LogP contribution in [0.1, 0.15) is 51.6 Å². The number of aromatic nitrogens is 2. The average Bonchev–Trinajstić information content (AvgIpc) is 2.79. The fourth-order valence-electron chi connectivity index (χ4n) is 2.54. The molecule has 1 aromatic heterocycles. The van der Waals surface area contributed by atoms with Crippen molar-refractivity contribution in [2.45, 2.75) is 59.7 Å². The quantitative estimate of drug-likeness (QED) is 0.780. The van der Waals surface area contributed by atoms with Crippen LogP contribution in [0.25, 0.3) is 6.08 Å². The predicted molar refractivity (Wildman–Crippen MR) is 99.9 cm³/mol. The Morgan fingerprint density at radius 3 is 2.21 bits per heavy atom. The molecule has 5 nitrogen and oxygen atoms in total. The summed E-state index contributed by atoms with van der Waals surface area (Å²) < 4.78 is 14.2. The smallest absolute Gasteiger partial charge is 0.400 e. The monoisotopic (exact) mass is 350 g/mol. The number of nitrogens with zero attached hydrogens (tertiary/aromatic N) is 2. The summed E-state index contributed by atoms with van der Waals surface area (Å²) in [6.45, 7) is 13.7. The van der Waals surface area contributed by atoms with Crippen LogP contribution in [-0.4, -0.2) is 39.0 Å². The highest BCUT2D eigenvalue weighted by Gasteiger charge is 2.52. The summed E-state index contributed by atoms with van der Waals surface area (Å²) in [4.78, 5) is 11.4. The van der Waals surface area contributed by atoms with Gasteiger partial charge in [0.05, 0.1) is 16.9 Å². The number of hydrogen-bond donors (Lipinski definition) is 0. The largest absolute Gasteiger partial charge is 0.491 e. The lowest BCUT2D eigenvalue weighted by Gasteiger charge is -2.32. The lowest BCUT2D eigenvalue weighted by atomic mass is 9.78. The number of carbonyl (C=O) groups is 1. The van der Waals surface area contributed by atoms with Crippen molar-refractivity contribution in [1.29, 1.82) is 0 Å². The minimum atomic E-state index is -0.458. The minimum absolute atomic E-state index is 0.0806. The summed E-state index contributed by atoms with van der Waals surface area (Å²) in [5, 5.41) is 4.54. The van der Waals surface area contributed by atoms with E-state index in [-0.39, 0.29) is 5.12 Å². The molecule has 0 atom stereocenters. The van der Waals surface area contributed by atoms with Crippen molar-refractivity contribution < 1.29 is 14.1 Å². The van der Waals surface area contributed by atoms with Crippen LogP contribution >= 0.6 is 11.8 Å². The average molecular weight is 350 g/mol. The maximum Gasteiger partial charge on any atom is 0.491 e. The van der Waals surface area contributed by atoms with Gasteiger partial charge in [0.1, 0.15) is 0 Å². The molecule has 24 heavy (non-hydrogen) atoms. The number of rotatable bonds is 4. The van der Waals surface area contributed by atoms with E-state index in [1.807, 2.05) is 53.3 Å². The van der Waals surface area contributed by atoms with Gasteiger partial charge in [-0.1, -0.05) is 17.8 Å². The molecule has 1 aromatic rings. The van der Waals surface area contributed by atoms with Gasteiger partial charge in [-0.05, 0) is 47.0 Å². The molecule has 0 amide bonds. The molecule has 0 unspecified atom stereocenters. The lowest BCUT2D eigenvalue weighted by molar-refractivity contribution is -0.109. The van der Waals surface area contributed by atoms with E-state index in [1.54, 1.807) is 6.92 Å². The molecule has 1 aliphatic rings. The first-order valence-electron chi connectivity index (χ1n) is 8.14. The second kappa shape index (κ2) is 6.69. The van der Waals surface area contributed by atoms with E-state index in [0.717, 1.165) is 22.4 Å². The third-order valence-electron chi connectivity index (χ3n) is 4.89. The van der Waals surface area contributed by atoms with Gasteiger partial charge >= 0.3 is 7.12 Å². The summed E-state index contributed by atoms with van der Waals surface area (Å²) in [5.41, 5.74) is 3.23. The topological polar surface area (TPSA) is 53.4 Å². The van der Waals surface area contributed by atoms with Crippen LogP contribution < -0.4 is 0 Å². The predicted octanol–water partition coefficient (Wildman–Crippen LogP) is 3.33. The third-order valence-corrected chi connectivity index (χ3v) is 5.78. The molecule has 7 heteroatoms. The van der Waals surface area contributed by atoms with Crippen LogP contribution in [-0.2, 0) is 21.2 Å². The molecule has 0 radical (unpaired) electrons. The third kappa shape index (κ3) is 3.78. The maximum atomic E-state index is 11.4. The van der Waals surface area contributed by atoms with Crippen LogP contribution in [0.15, 0.2) is 5.47 Å². The molecule has 1 fully saturated rings. The molecular weight excluding hydrogens is 323 g/mol. The highest BCUT2D eigenvalue weighted by molar-refractivity contribution is 8.13. The highest BCUT2D eigenvalue weighted by atomic mass is 32.2. The second-order valence-corrected chi connectivity index (χ2v) is 8.45. The van der Waals surface area contributed by atoms with E-state index in [2.05, 4.69) is 11.2 Å². The molecule has 0 aromatic carbocycles. The van der Waals surface area contributed by atoms with Crippen molar-refractivity contribution in [3.05, 3.63) is 22.4 Å². The van der Waals surface area contributed by atoms with E-state index in [4.69, 9.17) is 9.31 Å². The number of carbonyl (C=O) groups excluding carboxylic acids is 1. The molecular formula is C17H27BN2O3S. The van der Waals surface area contributed by atoms with E-state index < -0.39 is 18.3 Å². The molecule has 0 bridgehead atoms. The molecule has 0 spiro atoms. The van der Waals surface area contributed by atoms with Crippen LogP contribution in [0.2, 0.25) is 0 Å². The van der Waals surface area contributed by atoms with Crippen LogP contribution in [0.5, 0.6) is 0 Å². The molecule has 2 rings (SSSR count). The molecule has 1 saturated heterocycles. The first kappa shape index (κ1) is 19.3. The summed E-state index contributed by atoms with van der Waals surface area (Å²) in [6.07, 6.45) is 2.07. The Morgan fingerprint density at radius 2 is 1.79 bits per heavy atom. The molecule has 1 aliphatic heterocycles. The van der Waals surface area contributed by atoms with Crippen LogP contribution in [0, 0.1) is 13.8 Å². The Balaban J connectivity index is 2.39. The van der Waals surface area contributed by atoms with Gasteiger partial charge < -0.3 is 9.31 Å². The van der Waals surface area contributed by atoms with Gasteiger partial charge in [-0.2, -0.15) is 5.10 Å². The van der Waals surface area contributed by atoms with Gasteiger partial charge in [0.2, 0.25) is 0 Å². The van der Waals surface area contributed by atoms with E-state index in [9.17, 15) is 4.79 Å². The number of hydrogen-bond acceptors (Lipinski definition) is 5. The highest BCUT2D eigenvalue weighted by Crippen LogP contribution is 2.39. The summed E-state index contributed by atoms with van der Waals surface area (Å²) in [6, 6.07) is 0. The van der Waals surface area contributed by atoms with Gasteiger partial charge in [0, 0.05) is 31.0 Å². The first-order valence-corrected chi connectivity index (χ1v) is 9.13. The number of thioether (sulfide) groups is 1. The normalized spacial score (nSPS) is 19.8. The molecule has 0 aliphatic carbocycles. The van der Waals surface area contributed by atoms with Gasteiger partial charge in [0.25, 0.3) is 0 Å². The standard InChI is InChI=1S/C17H27BN2O3S/c1-11-15(12(2)20(8)19-11)9-14(10-24-13(3)21)18-22-16(4,5)17(6,7)23-18/h9H,10H2,1-8H3. The van der Waals surface area contributed by atoms with Crippen molar-refractivity contribution in [1.82, 2.24) is 9.78 Å². The maximum absolute atomic E-state index is 11.4. The fourth-order valence-corrected chi connectivity index (χ4v) is 3.13. The van der Waals surface area contributed by atoms with Crippen molar-refractivity contribution >= 4 is 30.1 Å². The summed E-state index contributed by atoms with van der Waals surface area (Å²) in [7, 11) is 1.47. The molecule has 0 N–H and O–H groups in total.